The molecule has 1 fully saturated rings. The van der Waals surface area contributed by atoms with Gasteiger partial charge >= 0.3 is 11.8 Å². The first kappa shape index (κ1) is 14.3. The second kappa shape index (κ2) is 5.64. The van der Waals surface area contributed by atoms with Gasteiger partial charge in [0.15, 0.2) is 5.82 Å². The molecule has 10 nitrogen and oxygen atoms in total. The van der Waals surface area contributed by atoms with Crippen LogP contribution >= 0.6 is 0 Å². The van der Waals surface area contributed by atoms with Crippen molar-refractivity contribution in [2.45, 2.75) is 18.9 Å². The molecule has 0 radical (unpaired) electrons. The van der Waals surface area contributed by atoms with Crippen molar-refractivity contribution < 1.29 is 19.2 Å². The van der Waals surface area contributed by atoms with E-state index in [2.05, 4.69) is 20.0 Å². The predicted octanol–water partition coefficient (Wildman–Crippen LogP) is -0.178. The molecule has 118 valence electrons. The molecule has 2 N–H and O–H groups in total. The summed E-state index contributed by atoms with van der Waals surface area (Å²) in [5.74, 6) is -0.148. The zero-order valence-electron chi connectivity index (χ0n) is 11.9. The SMILES string of the molecule is COC(=O)Nc1cc(N2CCCC(O)C2)nc2nc(=O)on12. The Labute approximate surface area is 124 Å². The highest BCUT2D eigenvalue weighted by atomic mass is 16.5. The molecular weight excluding hydrogens is 294 g/mol. The lowest BCUT2D eigenvalue weighted by molar-refractivity contribution is 0.154. The van der Waals surface area contributed by atoms with E-state index in [1.165, 1.54) is 13.2 Å². The molecule has 1 aliphatic rings. The van der Waals surface area contributed by atoms with E-state index in [0.717, 1.165) is 17.4 Å². The summed E-state index contributed by atoms with van der Waals surface area (Å²) in [5, 5.41) is 12.2. The number of anilines is 2. The van der Waals surface area contributed by atoms with Gasteiger partial charge in [-0.3, -0.25) is 5.32 Å². The number of nitrogens with one attached hydrogen (secondary N) is 1. The monoisotopic (exact) mass is 309 g/mol. The second-order valence-electron chi connectivity index (χ2n) is 4.92. The molecule has 2 aromatic heterocycles. The maximum absolute atomic E-state index is 11.4. The molecule has 1 atom stereocenters. The summed E-state index contributed by atoms with van der Waals surface area (Å²) in [7, 11) is 1.22. The zero-order valence-corrected chi connectivity index (χ0v) is 11.9. The third-order valence-electron chi connectivity index (χ3n) is 3.38. The number of methoxy groups -OCH3 is 1. The normalized spacial score (nSPS) is 18.5. The maximum Gasteiger partial charge on any atom is 0.461 e. The number of ether oxygens (including phenoxy) is 1. The van der Waals surface area contributed by atoms with Crippen molar-refractivity contribution in [3.05, 3.63) is 16.6 Å². The highest BCUT2D eigenvalue weighted by Crippen LogP contribution is 2.22. The van der Waals surface area contributed by atoms with E-state index in [4.69, 9.17) is 4.52 Å². The highest BCUT2D eigenvalue weighted by molar-refractivity contribution is 5.84. The summed E-state index contributed by atoms with van der Waals surface area (Å²) in [6.45, 7) is 1.13. The predicted molar refractivity (Wildman–Crippen MR) is 75.0 cm³/mol. The third-order valence-corrected chi connectivity index (χ3v) is 3.38. The molecule has 1 unspecified atom stereocenters. The van der Waals surface area contributed by atoms with Crippen LogP contribution in [0.25, 0.3) is 5.78 Å². The molecule has 1 saturated heterocycles. The van der Waals surface area contributed by atoms with E-state index in [1.807, 2.05) is 4.90 Å². The molecule has 1 aliphatic heterocycles. The number of carbonyl (C=O) groups excluding carboxylic acids is 1. The number of aliphatic hydroxyl groups is 1. The van der Waals surface area contributed by atoms with Gasteiger partial charge in [0.2, 0.25) is 0 Å². The summed E-state index contributed by atoms with van der Waals surface area (Å²) in [4.78, 5) is 32.4. The Morgan fingerprint density at radius 2 is 2.36 bits per heavy atom. The second-order valence-corrected chi connectivity index (χ2v) is 4.92. The van der Waals surface area contributed by atoms with Crippen molar-refractivity contribution in [1.82, 2.24) is 14.5 Å². The third kappa shape index (κ3) is 2.72. The number of aromatic nitrogens is 3. The maximum atomic E-state index is 11.4. The van der Waals surface area contributed by atoms with Gasteiger partial charge in [0, 0.05) is 19.2 Å². The van der Waals surface area contributed by atoms with Crippen LogP contribution in [0, 0.1) is 0 Å². The van der Waals surface area contributed by atoms with Gasteiger partial charge in [-0.1, -0.05) is 0 Å². The van der Waals surface area contributed by atoms with E-state index in [1.54, 1.807) is 0 Å². The zero-order chi connectivity index (χ0) is 15.7. The van der Waals surface area contributed by atoms with E-state index in [0.29, 0.717) is 18.9 Å². The first-order valence-electron chi connectivity index (χ1n) is 6.76. The minimum absolute atomic E-state index is 0.0222. The van der Waals surface area contributed by atoms with Crippen LogP contribution in [-0.4, -0.2) is 52.0 Å². The summed E-state index contributed by atoms with van der Waals surface area (Å²) in [6.07, 6.45) is 0.395. The molecule has 0 aliphatic carbocycles. The van der Waals surface area contributed by atoms with E-state index in [-0.39, 0.29) is 11.6 Å². The Balaban J connectivity index is 2.03. The number of aliphatic hydroxyl groups excluding tert-OH is 1. The minimum Gasteiger partial charge on any atom is -0.453 e. The lowest BCUT2D eigenvalue weighted by atomic mass is 10.1. The quantitative estimate of drug-likeness (QED) is 0.783. The Hall–Kier alpha value is -2.62. The van der Waals surface area contributed by atoms with Crippen molar-refractivity contribution in [3.63, 3.8) is 0 Å². The Bertz CT molecular complexity index is 754. The van der Waals surface area contributed by atoms with Crippen LogP contribution in [0.5, 0.6) is 0 Å². The van der Waals surface area contributed by atoms with E-state index >= 15 is 0 Å². The summed E-state index contributed by atoms with van der Waals surface area (Å²) >= 11 is 0. The smallest absolute Gasteiger partial charge is 0.453 e. The van der Waals surface area contributed by atoms with Gasteiger partial charge in [-0.05, 0) is 12.8 Å². The molecule has 0 spiro atoms. The summed E-state index contributed by atoms with van der Waals surface area (Å²) < 4.78 is 10.4. The minimum atomic E-state index is -0.823. The van der Waals surface area contributed by atoms with Crippen LogP contribution in [0.4, 0.5) is 16.4 Å². The van der Waals surface area contributed by atoms with Gasteiger partial charge in [0.05, 0.1) is 13.2 Å². The van der Waals surface area contributed by atoms with Crippen molar-refractivity contribution >= 4 is 23.5 Å². The summed E-state index contributed by atoms with van der Waals surface area (Å²) in [6, 6.07) is 1.53. The van der Waals surface area contributed by atoms with Gasteiger partial charge in [-0.25, -0.2) is 9.59 Å². The van der Waals surface area contributed by atoms with Gasteiger partial charge < -0.3 is 19.3 Å². The number of nitrogens with zero attached hydrogens (tertiary/aromatic N) is 4. The number of β-amino-alcohol motifs (C(OH)–C–C–N with tert-alkyl or cyclic N) is 1. The van der Waals surface area contributed by atoms with Crippen LogP contribution in [0.1, 0.15) is 12.8 Å². The van der Waals surface area contributed by atoms with Crippen molar-refractivity contribution in [2.24, 2.45) is 0 Å². The fourth-order valence-corrected chi connectivity index (χ4v) is 2.38. The number of fused-ring (bicyclic) bond motifs is 1. The lowest BCUT2D eigenvalue weighted by Crippen LogP contribution is -2.38. The average molecular weight is 309 g/mol. The molecule has 2 aromatic rings. The van der Waals surface area contributed by atoms with Gasteiger partial charge in [0.1, 0.15) is 5.82 Å². The fourth-order valence-electron chi connectivity index (χ4n) is 2.38. The number of hydrogen-bond donors (Lipinski definition) is 2. The number of amides is 1. The molecule has 1 amide bonds. The Morgan fingerprint density at radius 1 is 1.55 bits per heavy atom. The van der Waals surface area contributed by atoms with Crippen LogP contribution in [0.2, 0.25) is 0 Å². The molecule has 3 heterocycles. The van der Waals surface area contributed by atoms with Gasteiger partial charge in [0.25, 0.3) is 5.78 Å². The molecule has 3 rings (SSSR count). The van der Waals surface area contributed by atoms with Crippen molar-refractivity contribution in [2.75, 3.05) is 30.4 Å². The molecule has 22 heavy (non-hydrogen) atoms. The van der Waals surface area contributed by atoms with Crippen LogP contribution < -0.4 is 16.0 Å². The largest absolute Gasteiger partial charge is 0.461 e. The van der Waals surface area contributed by atoms with E-state index < -0.39 is 18.0 Å². The first-order valence-corrected chi connectivity index (χ1v) is 6.76. The lowest BCUT2D eigenvalue weighted by Gasteiger charge is -2.31. The molecule has 0 bridgehead atoms. The van der Waals surface area contributed by atoms with Crippen molar-refractivity contribution in [1.29, 1.82) is 0 Å². The van der Waals surface area contributed by atoms with Crippen LogP contribution in [-0.2, 0) is 4.74 Å². The molecule has 0 saturated carbocycles. The number of carbonyl (C=O) groups is 1. The fraction of sp³-hybridized carbons (Fsp3) is 0.500. The Kier molecular flexibility index (Phi) is 3.67. The van der Waals surface area contributed by atoms with Crippen LogP contribution in [0.15, 0.2) is 15.4 Å². The molecule has 10 heteroatoms. The number of piperidine rings is 1. The highest BCUT2D eigenvalue weighted by Gasteiger charge is 2.21. The number of rotatable bonds is 2. The molecular formula is C12H15N5O5. The van der Waals surface area contributed by atoms with E-state index in [9.17, 15) is 14.7 Å². The standard InChI is InChI=1S/C12H15N5O5/c1-21-11(19)14-9-5-8(16-4-2-3-7(18)6-16)13-10-15-12(20)22-17(9)10/h5,7,18H,2-4,6H2,1H3,(H,14,19). The van der Waals surface area contributed by atoms with Crippen molar-refractivity contribution in [3.8, 4) is 0 Å². The van der Waals surface area contributed by atoms with Gasteiger partial charge in [-0.2, -0.15) is 4.98 Å². The first-order chi connectivity index (χ1) is 10.6. The Morgan fingerprint density at radius 3 is 3.09 bits per heavy atom. The van der Waals surface area contributed by atoms with Gasteiger partial charge in [-0.15, -0.1) is 9.56 Å². The number of hydrogen-bond acceptors (Lipinski definition) is 8. The average Bonchev–Trinajstić information content (AvgIpc) is 2.87. The molecule has 0 aromatic carbocycles. The summed E-state index contributed by atoms with van der Waals surface area (Å²) in [5.41, 5.74) is 0. The van der Waals surface area contributed by atoms with Crippen LogP contribution in [0.3, 0.4) is 0 Å². The topological polar surface area (TPSA) is 122 Å².